The molecule has 3 fully saturated rings. The van der Waals surface area contributed by atoms with Crippen LogP contribution in [0.25, 0.3) is 0 Å². The summed E-state index contributed by atoms with van der Waals surface area (Å²) in [6, 6.07) is 0. The molecule has 0 spiro atoms. The highest BCUT2D eigenvalue weighted by molar-refractivity contribution is 4.59. The molecule has 0 bridgehead atoms. The van der Waals surface area contributed by atoms with Crippen molar-refractivity contribution in [2.75, 3.05) is 20.1 Å². The van der Waals surface area contributed by atoms with E-state index >= 15 is 0 Å². The van der Waals surface area contributed by atoms with E-state index in [0.717, 1.165) is 5.92 Å². The van der Waals surface area contributed by atoms with Crippen LogP contribution in [0.4, 0.5) is 0 Å². The van der Waals surface area contributed by atoms with E-state index in [2.05, 4.69) is 18.9 Å². The van der Waals surface area contributed by atoms with E-state index in [4.69, 9.17) is 0 Å². The Labute approximate surface area is 218 Å². The van der Waals surface area contributed by atoms with Gasteiger partial charge < -0.3 is 4.90 Å². The Balaban J connectivity index is -0.0000000490. The quantitative estimate of drug-likeness (QED) is 0.335. The van der Waals surface area contributed by atoms with Crippen LogP contribution in [0.5, 0.6) is 0 Å². The number of hydrogen-bond donors (Lipinski definition) is 0. The first-order valence-electron chi connectivity index (χ1n) is 16.0. The van der Waals surface area contributed by atoms with E-state index in [1.807, 2.05) is 96.9 Å². The molecular formula is C32H79N. The van der Waals surface area contributed by atoms with E-state index in [0.29, 0.717) is 0 Å². The minimum Gasteiger partial charge on any atom is -0.306 e. The van der Waals surface area contributed by atoms with E-state index in [1.54, 1.807) is 0 Å². The molecule has 0 unspecified atom stereocenters. The summed E-state index contributed by atoms with van der Waals surface area (Å²) in [7, 11) is 2.19. The van der Waals surface area contributed by atoms with Crippen molar-refractivity contribution in [3.63, 3.8) is 0 Å². The van der Waals surface area contributed by atoms with Gasteiger partial charge in [0.1, 0.15) is 0 Å². The fourth-order valence-electron chi connectivity index (χ4n) is 3.24. The average molecular weight is 478 g/mol. The zero-order chi connectivity index (χ0) is 27.8. The summed E-state index contributed by atoms with van der Waals surface area (Å²) >= 11 is 0. The molecule has 0 aromatic rings. The summed E-state index contributed by atoms with van der Waals surface area (Å²) in [6.07, 6.45) is 19.2. The van der Waals surface area contributed by atoms with Gasteiger partial charge in [-0.25, -0.2) is 0 Å². The largest absolute Gasteiger partial charge is 0.306 e. The normalized spacial score (nSPS) is 15.6. The second-order valence-corrected chi connectivity index (χ2v) is 6.87. The lowest BCUT2D eigenvalue weighted by Crippen LogP contribution is -2.24. The van der Waals surface area contributed by atoms with Crippen LogP contribution >= 0.6 is 0 Å². The molecule has 1 saturated heterocycles. The third-order valence-electron chi connectivity index (χ3n) is 4.72. The van der Waals surface area contributed by atoms with Gasteiger partial charge in [0.05, 0.1) is 0 Å². The third-order valence-corrected chi connectivity index (χ3v) is 4.72. The molecule has 2 saturated carbocycles. The SMILES string of the molecule is C1CCCC1.CC.CC.CC.CC.CC.CC.CC.CC1CCCCC1.CN1CCCCC1. The molecule has 2 aliphatic carbocycles. The minimum absolute atomic E-state index is 1.04. The van der Waals surface area contributed by atoms with Crippen molar-refractivity contribution in [2.45, 2.75) is 187 Å². The number of rotatable bonds is 0. The highest BCUT2D eigenvalue weighted by Crippen LogP contribution is 2.22. The van der Waals surface area contributed by atoms with E-state index < -0.39 is 0 Å². The first kappa shape index (κ1) is 50.0. The van der Waals surface area contributed by atoms with Gasteiger partial charge >= 0.3 is 0 Å². The smallest absolute Gasteiger partial charge is 0.00218 e. The van der Waals surface area contributed by atoms with Crippen LogP contribution in [-0.4, -0.2) is 25.0 Å². The predicted molar refractivity (Wildman–Crippen MR) is 166 cm³/mol. The van der Waals surface area contributed by atoms with Crippen LogP contribution in [0.3, 0.4) is 0 Å². The van der Waals surface area contributed by atoms with Crippen LogP contribution < -0.4 is 0 Å². The molecule has 0 N–H and O–H groups in total. The fraction of sp³-hybridized carbons (Fsp3) is 1.00. The van der Waals surface area contributed by atoms with Gasteiger partial charge in [0.15, 0.2) is 0 Å². The highest BCUT2D eigenvalue weighted by atomic mass is 15.1. The van der Waals surface area contributed by atoms with E-state index in [-0.39, 0.29) is 0 Å². The zero-order valence-electron chi connectivity index (χ0n) is 27.6. The van der Waals surface area contributed by atoms with Crippen LogP contribution in [-0.2, 0) is 0 Å². The maximum absolute atomic E-state index is 2.39. The standard InChI is InChI=1S/C7H14.C6H13N.C5H10.7C2H6/c2*1-7-5-3-2-4-6-7;1-2-4-5-3-1;7*1-2/h7H,2-6H2,1H3;2-6H2,1H3;1-5H2;7*1-2H3. The van der Waals surface area contributed by atoms with E-state index in [9.17, 15) is 0 Å². The molecule has 3 aliphatic rings. The first-order chi connectivity index (χ1) is 16.3. The van der Waals surface area contributed by atoms with E-state index in [1.165, 1.54) is 96.6 Å². The van der Waals surface area contributed by atoms with Crippen molar-refractivity contribution in [2.24, 2.45) is 5.92 Å². The highest BCUT2D eigenvalue weighted by Gasteiger charge is 2.06. The van der Waals surface area contributed by atoms with Crippen molar-refractivity contribution in [1.82, 2.24) is 4.90 Å². The van der Waals surface area contributed by atoms with Crippen molar-refractivity contribution < 1.29 is 0 Å². The maximum atomic E-state index is 2.39. The Bertz CT molecular complexity index is 151. The second kappa shape index (κ2) is 69.7. The summed E-state index contributed by atoms with van der Waals surface area (Å²) in [5.74, 6) is 1.04. The second-order valence-electron chi connectivity index (χ2n) is 6.87. The minimum atomic E-state index is 1.04. The van der Waals surface area contributed by atoms with Gasteiger partial charge in [-0.1, -0.05) is 174 Å². The van der Waals surface area contributed by atoms with Gasteiger partial charge in [-0.15, -0.1) is 0 Å². The van der Waals surface area contributed by atoms with Crippen LogP contribution in [0.15, 0.2) is 0 Å². The molecule has 33 heavy (non-hydrogen) atoms. The van der Waals surface area contributed by atoms with Crippen LogP contribution in [0, 0.1) is 5.92 Å². The van der Waals surface area contributed by atoms with Gasteiger partial charge in [0, 0.05) is 0 Å². The van der Waals surface area contributed by atoms with Gasteiger partial charge in [-0.3, -0.25) is 0 Å². The lowest BCUT2D eigenvalue weighted by molar-refractivity contribution is 0.277. The zero-order valence-corrected chi connectivity index (χ0v) is 27.6. The molecule has 0 aromatic carbocycles. The number of piperidine rings is 1. The molecule has 1 aliphatic heterocycles. The summed E-state index contributed by atoms with van der Waals surface area (Å²) in [5.41, 5.74) is 0. The number of hydrogen-bond acceptors (Lipinski definition) is 1. The van der Waals surface area contributed by atoms with Gasteiger partial charge in [-0.05, 0) is 38.9 Å². The predicted octanol–water partition coefficient (Wildman–Crippen LogP) is 12.8. The Morgan fingerprint density at radius 2 is 0.576 bits per heavy atom. The average Bonchev–Trinajstić information content (AvgIpc) is 3.54. The third kappa shape index (κ3) is 65.3. The van der Waals surface area contributed by atoms with Gasteiger partial charge in [-0.2, -0.15) is 0 Å². The lowest BCUT2D eigenvalue weighted by Gasteiger charge is -2.20. The molecule has 0 amide bonds. The topological polar surface area (TPSA) is 3.24 Å². The first-order valence-corrected chi connectivity index (χ1v) is 16.0. The Kier molecular flexibility index (Phi) is 106. The molecule has 1 heteroatoms. The Morgan fingerprint density at radius 3 is 0.727 bits per heavy atom. The monoisotopic (exact) mass is 478 g/mol. The molecule has 212 valence electrons. The van der Waals surface area contributed by atoms with Crippen molar-refractivity contribution in [3.8, 4) is 0 Å². The van der Waals surface area contributed by atoms with Crippen LogP contribution in [0.1, 0.15) is 187 Å². The fourth-order valence-corrected chi connectivity index (χ4v) is 3.24. The van der Waals surface area contributed by atoms with Gasteiger partial charge in [0.2, 0.25) is 0 Å². The lowest BCUT2D eigenvalue weighted by atomic mass is 9.91. The number of likely N-dealkylation sites (tertiary alicyclic amines) is 1. The summed E-state index contributed by atoms with van der Waals surface area (Å²) in [6.45, 7) is 33.0. The summed E-state index contributed by atoms with van der Waals surface area (Å²) < 4.78 is 0. The molecular weight excluding hydrogens is 398 g/mol. The number of nitrogens with zero attached hydrogens (tertiary/aromatic N) is 1. The van der Waals surface area contributed by atoms with Crippen molar-refractivity contribution >= 4 is 0 Å². The molecule has 0 aromatic heterocycles. The molecule has 1 heterocycles. The summed E-state index contributed by atoms with van der Waals surface area (Å²) in [5, 5.41) is 0. The van der Waals surface area contributed by atoms with Crippen molar-refractivity contribution in [1.29, 1.82) is 0 Å². The Hall–Kier alpha value is -0.0400. The van der Waals surface area contributed by atoms with Crippen LogP contribution in [0.2, 0.25) is 0 Å². The Morgan fingerprint density at radius 1 is 0.364 bits per heavy atom. The maximum Gasteiger partial charge on any atom is -0.00218 e. The molecule has 0 radical (unpaired) electrons. The molecule has 3 rings (SSSR count). The molecule has 1 nitrogen and oxygen atoms in total. The van der Waals surface area contributed by atoms with Gasteiger partial charge in [0.25, 0.3) is 0 Å². The molecule has 0 atom stereocenters. The summed E-state index contributed by atoms with van der Waals surface area (Å²) in [4.78, 5) is 2.39. The van der Waals surface area contributed by atoms with Crippen molar-refractivity contribution in [3.05, 3.63) is 0 Å².